The van der Waals surface area contributed by atoms with Crippen LogP contribution in [0.4, 0.5) is 17.6 Å². The zero-order valence-corrected chi connectivity index (χ0v) is 24.9. The van der Waals surface area contributed by atoms with Crippen LogP contribution >= 0.6 is 0 Å². The van der Waals surface area contributed by atoms with Crippen LogP contribution in [0.3, 0.4) is 0 Å². The molecule has 0 radical (unpaired) electrons. The Hall–Kier alpha value is -3.91. The molecule has 5 rings (SSSR count). The Kier molecular flexibility index (Phi) is 7.79. The summed E-state index contributed by atoms with van der Waals surface area (Å²) < 4.78 is 62.3. The number of nitrogens with one attached hydrogen (secondary N) is 1. The Labute approximate surface area is 240 Å². The summed E-state index contributed by atoms with van der Waals surface area (Å²) in [5, 5.41) is 7.92. The molecule has 3 aromatic heterocycles. The monoisotopic (exact) mass is 601 g/mol. The minimum Gasteiger partial charge on any atom is -0.361 e. The number of alkyl halides is 3. The molecular weight excluding hydrogens is 570 g/mol. The van der Waals surface area contributed by atoms with Gasteiger partial charge in [0, 0.05) is 51.6 Å². The number of ether oxygens (including phenoxy) is 1. The van der Waals surface area contributed by atoms with Crippen LogP contribution in [0.2, 0.25) is 25.7 Å². The van der Waals surface area contributed by atoms with Crippen LogP contribution in [0.15, 0.2) is 47.4 Å². The van der Waals surface area contributed by atoms with Gasteiger partial charge in [-0.15, -0.1) is 0 Å². The number of amides is 1. The third-order valence-corrected chi connectivity index (χ3v) is 8.77. The van der Waals surface area contributed by atoms with E-state index < -0.39 is 44.0 Å². The predicted octanol–water partition coefficient (Wildman–Crippen LogP) is 5.85. The topological polar surface area (TPSA) is 99.2 Å². The van der Waals surface area contributed by atoms with Crippen LogP contribution < -0.4 is 5.32 Å². The standard InChI is InChI=1S/C28H31F4N7O2Si/c1-16(21-10-17(12-33-21)28(30,31)32)35-27(40)20-14-39(15-41-8-9-42(3,4)5)26-25(20)36-22(13-34-26)24-19-7-6-18(29)11-23(19)38(2)37-24/h6-7,11-14,16H,8-10,15H2,1-5H3,(H,35,40)/t16-/m0/s1. The average Bonchev–Trinajstić information content (AvgIpc) is 3.62. The van der Waals surface area contributed by atoms with Gasteiger partial charge in [-0.3, -0.25) is 14.5 Å². The van der Waals surface area contributed by atoms with Crippen LogP contribution in [-0.2, 0) is 18.5 Å². The van der Waals surface area contributed by atoms with Crippen molar-refractivity contribution in [3.8, 4) is 11.4 Å². The molecule has 1 aliphatic rings. The van der Waals surface area contributed by atoms with E-state index >= 15 is 0 Å². The lowest BCUT2D eigenvalue weighted by Crippen LogP contribution is -2.38. The number of hydrogen-bond donors (Lipinski definition) is 1. The fraction of sp³-hybridized carbons (Fsp3) is 0.393. The van der Waals surface area contributed by atoms with Gasteiger partial charge in [0.2, 0.25) is 0 Å². The molecule has 1 aliphatic heterocycles. The number of halogens is 4. The molecule has 0 aliphatic carbocycles. The third kappa shape index (κ3) is 6.14. The van der Waals surface area contributed by atoms with Gasteiger partial charge in [-0.1, -0.05) is 19.6 Å². The van der Waals surface area contributed by atoms with E-state index in [0.717, 1.165) is 12.2 Å². The molecular formula is C28H31F4N7O2Si. The number of hydrogen-bond acceptors (Lipinski definition) is 6. The number of nitrogens with zero attached hydrogens (tertiary/aromatic N) is 6. The molecule has 0 spiro atoms. The SMILES string of the molecule is C[C@H](NC(=O)c1cn(COCC[Si](C)(C)C)c2ncc(-c3nn(C)c4cc(F)ccc34)nc12)C1=NC=C(C(F)(F)F)C1. The molecule has 0 saturated carbocycles. The van der Waals surface area contributed by atoms with Crippen molar-refractivity contribution in [2.45, 2.75) is 58.0 Å². The quantitative estimate of drug-likeness (QED) is 0.148. The van der Waals surface area contributed by atoms with Gasteiger partial charge in [0.25, 0.3) is 5.91 Å². The van der Waals surface area contributed by atoms with E-state index in [0.29, 0.717) is 34.5 Å². The maximum atomic E-state index is 13.9. The van der Waals surface area contributed by atoms with E-state index in [2.05, 4.69) is 40.0 Å². The molecule has 1 atom stereocenters. The van der Waals surface area contributed by atoms with Crippen LogP contribution in [0, 0.1) is 5.82 Å². The minimum atomic E-state index is -4.48. The number of aryl methyl sites for hydroxylation is 1. The van der Waals surface area contributed by atoms with E-state index in [4.69, 9.17) is 9.72 Å². The second kappa shape index (κ2) is 11.1. The number of carbonyl (C=O) groups excluding carboxylic acids is 1. The second-order valence-electron chi connectivity index (χ2n) is 11.6. The first-order valence-electron chi connectivity index (χ1n) is 13.4. The summed E-state index contributed by atoms with van der Waals surface area (Å²) in [6, 6.07) is 4.51. The number of rotatable bonds is 9. The van der Waals surface area contributed by atoms with Gasteiger partial charge in [-0.05, 0) is 31.2 Å². The highest BCUT2D eigenvalue weighted by molar-refractivity contribution is 6.76. The number of allylic oxidation sites excluding steroid dienone is 1. The molecule has 222 valence electrons. The fourth-order valence-electron chi connectivity index (χ4n) is 4.63. The molecule has 0 unspecified atom stereocenters. The Bertz CT molecular complexity index is 1730. The normalized spacial score (nSPS) is 14.9. The largest absolute Gasteiger partial charge is 0.414 e. The van der Waals surface area contributed by atoms with Crippen molar-refractivity contribution >= 4 is 41.8 Å². The molecule has 1 N–H and O–H groups in total. The molecule has 9 nitrogen and oxygen atoms in total. The molecule has 42 heavy (non-hydrogen) atoms. The third-order valence-electron chi connectivity index (χ3n) is 7.06. The van der Waals surface area contributed by atoms with Crippen molar-refractivity contribution in [1.82, 2.24) is 29.6 Å². The van der Waals surface area contributed by atoms with E-state index in [-0.39, 0.29) is 23.5 Å². The molecule has 0 bridgehead atoms. The van der Waals surface area contributed by atoms with E-state index in [9.17, 15) is 22.4 Å². The zero-order chi connectivity index (χ0) is 30.4. The highest BCUT2D eigenvalue weighted by Crippen LogP contribution is 2.32. The number of benzene rings is 1. The van der Waals surface area contributed by atoms with Crippen molar-refractivity contribution in [1.29, 1.82) is 0 Å². The summed E-state index contributed by atoms with van der Waals surface area (Å²) in [4.78, 5) is 26.7. The highest BCUT2D eigenvalue weighted by atomic mass is 28.3. The number of aromatic nitrogens is 5. The van der Waals surface area contributed by atoms with Crippen molar-refractivity contribution < 1.29 is 27.1 Å². The van der Waals surface area contributed by atoms with Crippen molar-refractivity contribution in [2.75, 3.05) is 6.61 Å². The van der Waals surface area contributed by atoms with Gasteiger partial charge >= 0.3 is 6.18 Å². The zero-order valence-electron chi connectivity index (χ0n) is 23.9. The van der Waals surface area contributed by atoms with Crippen LogP contribution in [-0.4, -0.2) is 62.8 Å². The van der Waals surface area contributed by atoms with Crippen molar-refractivity contribution in [2.24, 2.45) is 12.0 Å². The summed E-state index contributed by atoms with van der Waals surface area (Å²) in [6.45, 7) is 9.00. The first kappa shape index (κ1) is 29.6. The molecule has 1 amide bonds. The van der Waals surface area contributed by atoms with Crippen molar-refractivity contribution in [3.05, 3.63) is 53.7 Å². The first-order chi connectivity index (χ1) is 19.7. The molecule has 14 heteroatoms. The van der Waals surface area contributed by atoms with E-state index in [1.165, 1.54) is 23.0 Å². The van der Waals surface area contributed by atoms with E-state index in [1.807, 2.05) is 0 Å². The summed E-state index contributed by atoms with van der Waals surface area (Å²) in [5.41, 5.74) is 1.69. The Morgan fingerprint density at radius 1 is 1.24 bits per heavy atom. The van der Waals surface area contributed by atoms with Crippen LogP contribution in [0.5, 0.6) is 0 Å². The Morgan fingerprint density at radius 3 is 2.69 bits per heavy atom. The first-order valence-corrected chi connectivity index (χ1v) is 17.1. The summed E-state index contributed by atoms with van der Waals surface area (Å²) in [6.07, 6.45) is -0.969. The Balaban J connectivity index is 1.47. The predicted molar refractivity (Wildman–Crippen MR) is 154 cm³/mol. The van der Waals surface area contributed by atoms with Crippen LogP contribution in [0.1, 0.15) is 23.7 Å². The maximum absolute atomic E-state index is 13.9. The molecule has 4 aromatic rings. The van der Waals surface area contributed by atoms with Gasteiger partial charge in [0.15, 0.2) is 5.65 Å². The summed E-state index contributed by atoms with van der Waals surface area (Å²) >= 11 is 0. The molecule has 0 fully saturated rings. The smallest absolute Gasteiger partial charge is 0.361 e. The van der Waals surface area contributed by atoms with Gasteiger partial charge in [-0.25, -0.2) is 14.4 Å². The van der Waals surface area contributed by atoms with Crippen LogP contribution in [0.25, 0.3) is 33.5 Å². The maximum Gasteiger partial charge on any atom is 0.414 e. The lowest BCUT2D eigenvalue weighted by molar-refractivity contribution is -0.0923. The summed E-state index contributed by atoms with van der Waals surface area (Å²) in [5.74, 6) is -0.946. The lowest BCUT2D eigenvalue weighted by atomic mass is 10.1. The minimum absolute atomic E-state index is 0.134. The van der Waals surface area contributed by atoms with E-state index in [1.54, 1.807) is 30.8 Å². The molecule has 4 heterocycles. The lowest BCUT2D eigenvalue weighted by Gasteiger charge is -2.15. The van der Waals surface area contributed by atoms with Gasteiger partial charge < -0.3 is 14.6 Å². The average molecular weight is 602 g/mol. The van der Waals surface area contributed by atoms with Gasteiger partial charge in [0.05, 0.1) is 28.9 Å². The molecule has 0 saturated heterocycles. The highest BCUT2D eigenvalue weighted by Gasteiger charge is 2.37. The summed E-state index contributed by atoms with van der Waals surface area (Å²) in [7, 11) is 0.367. The Morgan fingerprint density at radius 2 is 2.00 bits per heavy atom. The molecule has 1 aromatic carbocycles. The number of aliphatic imine (C=N–C) groups is 1. The number of carbonyl (C=O) groups is 1. The fourth-order valence-corrected chi connectivity index (χ4v) is 5.39. The number of fused-ring (bicyclic) bond motifs is 2. The van der Waals surface area contributed by atoms with Gasteiger partial charge in [0.1, 0.15) is 29.5 Å². The van der Waals surface area contributed by atoms with Gasteiger partial charge in [-0.2, -0.15) is 18.3 Å². The van der Waals surface area contributed by atoms with Crippen molar-refractivity contribution in [3.63, 3.8) is 0 Å². The second-order valence-corrected chi connectivity index (χ2v) is 17.2.